The molecule has 2 atom stereocenters. The average molecular weight is 471 g/mol. The predicted octanol–water partition coefficient (Wildman–Crippen LogP) is 4.93. The Morgan fingerprint density at radius 1 is 0.364 bits per heavy atom. The summed E-state index contributed by atoms with van der Waals surface area (Å²) in [4.78, 5) is 2.36. The van der Waals surface area contributed by atoms with E-state index in [1.54, 1.807) is 0 Å². The topological polar surface area (TPSA) is 133 Å². The van der Waals surface area contributed by atoms with E-state index in [1.165, 1.54) is 116 Å². The fourth-order valence-corrected chi connectivity index (χ4v) is 4.65. The van der Waals surface area contributed by atoms with Crippen molar-refractivity contribution in [2.45, 2.75) is 147 Å². The largest absolute Gasteiger partial charge is 0.330 e. The molecular formula is C27H62N6. The van der Waals surface area contributed by atoms with Crippen molar-refractivity contribution < 1.29 is 0 Å². The maximum Gasteiger partial charge on any atom is 0.0585 e. The zero-order valence-corrected chi connectivity index (χ0v) is 22.2. The summed E-state index contributed by atoms with van der Waals surface area (Å²) in [6.07, 6.45) is 26.5. The Kier molecular flexibility index (Phi) is 26.2. The van der Waals surface area contributed by atoms with Crippen molar-refractivity contribution in [2.24, 2.45) is 28.7 Å². The summed E-state index contributed by atoms with van der Waals surface area (Å²) < 4.78 is 0. The van der Waals surface area contributed by atoms with Gasteiger partial charge in [0.25, 0.3) is 0 Å². The van der Waals surface area contributed by atoms with Gasteiger partial charge in [-0.05, 0) is 58.2 Å². The Morgan fingerprint density at radius 2 is 0.667 bits per heavy atom. The molecule has 0 aromatic rings. The minimum absolute atomic E-state index is 0.0413. The first-order chi connectivity index (χ1) is 16.2. The Morgan fingerprint density at radius 3 is 1.06 bits per heavy atom. The summed E-state index contributed by atoms with van der Waals surface area (Å²) in [7, 11) is 0. The molecule has 0 radical (unpaired) electrons. The summed E-state index contributed by atoms with van der Waals surface area (Å²) in [5.41, 5.74) is 30.0. The van der Waals surface area contributed by atoms with Crippen LogP contribution in [-0.2, 0) is 0 Å². The van der Waals surface area contributed by atoms with Gasteiger partial charge in [0.05, 0.1) is 12.3 Å². The lowest BCUT2D eigenvalue weighted by Crippen LogP contribution is -2.52. The lowest BCUT2D eigenvalue weighted by molar-refractivity contribution is 0.119. The highest BCUT2D eigenvalue weighted by Gasteiger charge is 2.20. The molecule has 0 amide bonds. The smallest absolute Gasteiger partial charge is 0.0585 e. The van der Waals surface area contributed by atoms with E-state index in [0.717, 1.165) is 38.9 Å². The second-order valence-electron chi connectivity index (χ2n) is 10.0. The van der Waals surface area contributed by atoms with E-state index < -0.39 is 0 Å². The van der Waals surface area contributed by atoms with Gasteiger partial charge in [-0.2, -0.15) is 0 Å². The number of rotatable bonds is 27. The SMILES string of the molecule is NCCCCCCCCCCCCN(C(N)CCCN)C(N)CCCCCCCCCCN. The normalized spacial score (nSPS) is 13.6. The lowest BCUT2D eigenvalue weighted by Gasteiger charge is -2.34. The minimum Gasteiger partial charge on any atom is -0.330 e. The first kappa shape index (κ1) is 32.8. The molecular weight excluding hydrogens is 408 g/mol. The second-order valence-corrected chi connectivity index (χ2v) is 10.0. The van der Waals surface area contributed by atoms with Gasteiger partial charge in [0.2, 0.25) is 0 Å². The minimum atomic E-state index is 0.0413. The maximum absolute atomic E-state index is 6.61. The van der Waals surface area contributed by atoms with Crippen molar-refractivity contribution in [1.29, 1.82) is 0 Å². The summed E-state index contributed by atoms with van der Waals surface area (Å²) in [5, 5.41) is 0. The molecule has 0 aliphatic heterocycles. The quantitative estimate of drug-likeness (QED) is 0.0854. The van der Waals surface area contributed by atoms with Crippen molar-refractivity contribution in [3.8, 4) is 0 Å². The molecule has 0 heterocycles. The number of nitrogens with two attached hydrogens (primary N) is 5. The molecule has 0 aromatic heterocycles. The summed E-state index contributed by atoms with van der Waals surface area (Å²) >= 11 is 0. The zero-order valence-electron chi connectivity index (χ0n) is 22.2. The molecule has 0 fully saturated rings. The van der Waals surface area contributed by atoms with Crippen molar-refractivity contribution >= 4 is 0 Å². The van der Waals surface area contributed by atoms with E-state index >= 15 is 0 Å². The fourth-order valence-electron chi connectivity index (χ4n) is 4.65. The van der Waals surface area contributed by atoms with Crippen molar-refractivity contribution in [1.82, 2.24) is 4.90 Å². The van der Waals surface area contributed by atoms with Crippen LogP contribution < -0.4 is 28.7 Å². The molecule has 0 saturated carbocycles. The molecule has 10 N–H and O–H groups in total. The number of unbranched alkanes of at least 4 members (excludes halogenated alkanes) is 16. The van der Waals surface area contributed by atoms with E-state index in [0.29, 0.717) is 6.54 Å². The zero-order chi connectivity index (χ0) is 24.4. The van der Waals surface area contributed by atoms with Gasteiger partial charge in [-0.15, -0.1) is 0 Å². The Hall–Kier alpha value is -0.240. The summed E-state index contributed by atoms with van der Waals surface area (Å²) in [6, 6.07) is 0. The molecule has 200 valence electrons. The Labute approximate surface area is 207 Å². The van der Waals surface area contributed by atoms with Crippen LogP contribution in [0.4, 0.5) is 0 Å². The van der Waals surface area contributed by atoms with Gasteiger partial charge in [0.1, 0.15) is 0 Å². The van der Waals surface area contributed by atoms with Gasteiger partial charge in [-0.3, -0.25) is 4.90 Å². The molecule has 0 bridgehead atoms. The third-order valence-electron chi connectivity index (χ3n) is 6.88. The molecule has 0 saturated heterocycles. The van der Waals surface area contributed by atoms with Crippen LogP contribution >= 0.6 is 0 Å². The van der Waals surface area contributed by atoms with Crippen LogP contribution in [0.5, 0.6) is 0 Å². The third-order valence-corrected chi connectivity index (χ3v) is 6.88. The molecule has 6 heteroatoms. The van der Waals surface area contributed by atoms with Crippen LogP contribution in [0.25, 0.3) is 0 Å². The standard InChI is InChI=1S/C27H62N6/c28-22-16-12-8-4-1-2-6-10-14-18-25-33(27(32)21-19-24-30)26(31)20-15-11-7-3-5-9-13-17-23-29/h26-27H,1-25,28-32H2. The van der Waals surface area contributed by atoms with Crippen LogP contribution in [0.3, 0.4) is 0 Å². The van der Waals surface area contributed by atoms with Crippen molar-refractivity contribution in [3.05, 3.63) is 0 Å². The van der Waals surface area contributed by atoms with Gasteiger partial charge in [-0.1, -0.05) is 96.3 Å². The molecule has 0 spiro atoms. The van der Waals surface area contributed by atoms with Gasteiger partial charge in [0.15, 0.2) is 0 Å². The molecule has 0 aromatic carbocycles. The van der Waals surface area contributed by atoms with E-state index in [-0.39, 0.29) is 12.3 Å². The Balaban J connectivity index is 3.96. The second kappa shape index (κ2) is 26.4. The van der Waals surface area contributed by atoms with Crippen LogP contribution in [0.2, 0.25) is 0 Å². The first-order valence-corrected chi connectivity index (χ1v) is 14.5. The van der Waals surface area contributed by atoms with Gasteiger partial charge in [-0.25, -0.2) is 0 Å². The highest BCUT2D eigenvalue weighted by molar-refractivity contribution is 4.73. The average Bonchev–Trinajstić information content (AvgIpc) is 2.82. The Bertz CT molecular complexity index is 369. The molecule has 0 aliphatic carbocycles. The van der Waals surface area contributed by atoms with E-state index in [4.69, 9.17) is 28.7 Å². The van der Waals surface area contributed by atoms with Gasteiger partial charge in [0, 0.05) is 6.54 Å². The predicted molar refractivity (Wildman–Crippen MR) is 147 cm³/mol. The van der Waals surface area contributed by atoms with E-state index in [9.17, 15) is 0 Å². The molecule has 6 nitrogen and oxygen atoms in total. The first-order valence-electron chi connectivity index (χ1n) is 14.5. The highest BCUT2D eigenvalue weighted by Crippen LogP contribution is 2.15. The number of hydrogen-bond acceptors (Lipinski definition) is 6. The monoisotopic (exact) mass is 471 g/mol. The highest BCUT2D eigenvalue weighted by atomic mass is 15.3. The van der Waals surface area contributed by atoms with Crippen LogP contribution in [-0.4, -0.2) is 43.4 Å². The fraction of sp³-hybridized carbons (Fsp3) is 1.00. The summed E-state index contributed by atoms with van der Waals surface area (Å²) in [6.45, 7) is 3.39. The maximum atomic E-state index is 6.61. The molecule has 0 rings (SSSR count). The van der Waals surface area contributed by atoms with Crippen LogP contribution in [0.1, 0.15) is 135 Å². The van der Waals surface area contributed by atoms with Crippen LogP contribution in [0, 0.1) is 0 Å². The van der Waals surface area contributed by atoms with E-state index in [2.05, 4.69) is 4.90 Å². The van der Waals surface area contributed by atoms with Gasteiger partial charge >= 0.3 is 0 Å². The van der Waals surface area contributed by atoms with Gasteiger partial charge < -0.3 is 28.7 Å². The molecule has 33 heavy (non-hydrogen) atoms. The third kappa shape index (κ3) is 22.0. The lowest BCUT2D eigenvalue weighted by atomic mass is 10.0. The van der Waals surface area contributed by atoms with Crippen LogP contribution in [0.15, 0.2) is 0 Å². The van der Waals surface area contributed by atoms with E-state index in [1.807, 2.05) is 0 Å². The summed E-state index contributed by atoms with van der Waals surface area (Å²) in [5.74, 6) is 0. The van der Waals surface area contributed by atoms with Crippen molar-refractivity contribution in [2.75, 3.05) is 26.2 Å². The number of nitrogens with zero attached hydrogens (tertiary/aromatic N) is 1. The van der Waals surface area contributed by atoms with Crippen molar-refractivity contribution in [3.63, 3.8) is 0 Å². The molecule has 0 aliphatic rings. The molecule has 2 unspecified atom stereocenters. The number of hydrogen-bond donors (Lipinski definition) is 5.